The molecule has 3 N–H and O–H groups in total. The van der Waals surface area contributed by atoms with Gasteiger partial charge in [-0.05, 0) is 55.5 Å². The summed E-state index contributed by atoms with van der Waals surface area (Å²) in [7, 11) is 1.66. The number of para-hydroxylation sites is 1. The molecule has 0 heterocycles. The first-order chi connectivity index (χ1) is 11.6. The Balaban J connectivity index is 0.00000312. The topological polar surface area (TPSA) is 64.3 Å². The first kappa shape index (κ1) is 20.8. The zero-order valence-corrected chi connectivity index (χ0v) is 15.6. The Kier molecular flexibility index (Phi) is 8.86. The molecule has 2 aromatic rings. The molecule has 1 atom stereocenters. The summed E-state index contributed by atoms with van der Waals surface area (Å²) < 4.78 is 5.15. The van der Waals surface area contributed by atoms with Crippen LogP contribution in [0.5, 0.6) is 5.75 Å². The SMILES string of the molecule is COc1ccc(CCC(C)NC(=O)CCc2ccccc2N)cc1.Cl. The number of halogens is 1. The number of hydrogen-bond acceptors (Lipinski definition) is 3. The quantitative estimate of drug-likeness (QED) is 0.702. The summed E-state index contributed by atoms with van der Waals surface area (Å²) in [6, 6.07) is 15.9. The molecule has 5 heteroatoms. The van der Waals surface area contributed by atoms with Gasteiger partial charge in [-0.25, -0.2) is 0 Å². The molecule has 136 valence electrons. The number of hydrogen-bond donors (Lipinski definition) is 2. The van der Waals surface area contributed by atoms with Crippen molar-refractivity contribution in [1.29, 1.82) is 0 Å². The first-order valence-corrected chi connectivity index (χ1v) is 8.34. The smallest absolute Gasteiger partial charge is 0.220 e. The standard InChI is InChI=1S/C20H26N2O2.ClH/c1-15(7-8-16-9-12-18(24-2)13-10-16)22-20(23)14-11-17-5-3-4-6-19(17)21;/h3-6,9-10,12-13,15H,7-8,11,14,21H2,1-2H3,(H,22,23);1H. The highest BCUT2D eigenvalue weighted by atomic mass is 35.5. The summed E-state index contributed by atoms with van der Waals surface area (Å²) in [6.07, 6.45) is 2.97. The molecule has 25 heavy (non-hydrogen) atoms. The maximum atomic E-state index is 12.1. The van der Waals surface area contributed by atoms with Crippen molar-refractivity contribution in [3.05, 3.63) is 59.7 Å². The fourth-order valence-corrected chi connectivity index (χ4v) is 2.60. The van der Waals surface area contributed by atoms with Gasteiger partial charge in [0.2, 0.25) is 5.91 Å². The Morgan fingerprint density at radius 2 is 1.80 bits per heavy atom. The first-order valence-electron chi connectivity index (χ1n) is 8.34. The number of anilines is 1. The molecule has 0 aromatic heterocycles. The summed E-state index contributed by atoms with van der Waals surface area (Å²) in [6.45, 7) is 2.04. The van der Waals surface area contributed by atoms with E-state index in [9.17, 15) is 4.79 Å². The minimum Gasteiger partial charge on any atom is -0.497 e. The Morgan fingerprint density at radius 1 is 1.12 bits per heavy atom. The largest absolute Gasteiger partial charge is 0.497 e. The predicted molar refractivity (Wildman–Crippen MR) is 105 cm³/mol. The molecule has 0 fully saturated rings. The van der Waals surface area contributed by atoms with Crippen LogP contribution in [0.25, 0.3) is 0 Å². The number of amides is 1. The van der Waals surface area contributed by atoms with Crippen LogP contribution < -0.4 is 15.8 Å². The number of ether oxygens (including phenoxy) is 1. The number of nitrogen functional groups attached to an aromatic ring is 1. The van der Waals surface area contributed by atoms with Crippen LogP contribution in [0.4, 0.5) is 5.69 Å². The van der Waals surface area contributed by atoms with Crippen LogP contribution >= 0.6 is 12.4 Å². The zero-order valence-electron chi connectivity index (χ0n) is 14.8. The second kappa shape index (κ2) is 10.6. The van der Waals surface area contributed by atoms with E-state index in [1.807, 2.05) is 43.3 Å². The normalized spacial score (nSPS) is 11.3. The van der Waals surface area contributed by atoms with Crippen LogP contribution in [-0.4, -0.2) is 19.1 Å². The molecule has 0 radical (unpaired) electrons. The predicted octanol–water partition coefficient (Wildman–Crippen LogP) is 3.77. The van der Waals surface area contributed by atoms with Crippen molar-refractivity contribution >= 4 is 24.0 Å². The maximum absolute atomic E-state index is 12.1. The van der Waals surface area contributed by atoms with Gasteiger partial charge in [-0.3, -0.25) is 4.79 Å². The van der Waals surface area contributed by atoms with Gasteiger partial charge in [0.1, 0.15) is 5.75 Å². The lowest BCUT2D eigenvalue weighted by Gasteiger charge is -2.14. The van der Waals surface area contributed by atoms with E-state index in [1.54, 1.807) is 7.11 Å². The molecule has 0 saturated carbocycles. The minimum absolute atomic E-state index is 0. The summed E-state index contributed by atoms with van der Waals surface area (Å²) >= 11 is 0. The Hall–Kier alpha value is -2.20. The molecule has 2 rings (SSSR count). The van der Waals surface area contributed by atoms with Gasteiger partial charge in [-0.15, -0.1) is 12.4 Å². The van der Waals surface area contributed by atoms with E-state index in [1.165, 1.54) is 5.56 Å². The number of methoxy groups -OCH3 is 1. The van der Waals surface area contributed by atoms with Crippen LogP contribution in [0.15, 0.2) is 48.5 Å². The second-order valence-electron chi connectivity index (χ2n) is 6.05. The second-order valence-corrected chi connectivity index (χ2v) is 6.05. The molecular weight excluding hydrogens is 336 g/mol. The van der Waals surface area contributed by atoms with Crippen molar-refractivity contribution in [2.24, 2.45) is 0 Å². The lowest BCUT2D eigenvalue weighted by molar-refractivity contribution is -0.121. The highest BCUT2D eigenvalue weighted by Gasteiger charge is 2.09. The monoisotopic (exact) mass is 362 g/mol. The number of benzene rings is 2. The lowest BCUT2D eigenvalue weighted by atomic mass is 10.0. The number of nitrogens with two attached hydrogens (primary N) is 1. The van der Waals surface area contributed by atoms with Gasteiger partial charge in [-0.2, -0.15) is 0 Å². The van der Waals surface area contributed by atoms with Crippen LogP contribution in [0.3, 0.4) is 0 Å². The van der Waals surface area contributed by atoms with Crippen molar-refractivity contribution in [3.8, 4) is 5.75 Å². The fourth-order valence-electron chi connectivity index (χ4n) is 2.60. The number of aryl methyl sites for hydroxylation is 2. The molecule has 0 aliphatic rings. The highest BCUT2D eigenvalue weighted by Crippen LogP contribution is 2.14. The van der Waals surface area contributed by atoms with Crippen LogP contribution in [0, 0.1) is 0 Å². The third-order valence-corrected chi connectivity index (χ3v) is 4.11. The van der Waals surface area contributed by atoms with E-state index in [-0.39, 0.29) is 24.4 Å². The average molecular weight is 363 g/mol. The molecule has 0 bridgehead atoms. The molecule has 0 aliphatic carbocycles. The summed E-state index contributed by atoms with van der Waals surface area (Å²) in [5, 5.41) is 3.06. The van der Waals surface area contributed by atoms with E-state index in [4.69, 9.17) is 10.5 Å². The van der Waals surface area contributed by atoms with Gasteiger partial charge in [0.15, 0.2) is 0 Å². The zero-order chi connectivity index (χ0) is 17.4. The van der Waals surface area contributed by atoms with E-state index in [0.717, 1.165) is 29.8 Å². The average Bonchev–Trinajstić information content (AvgIpc) is 2.59. The van der Waals surface area contributed by atoms with Crippen LogP contribution in [0.2, 0.25) is 0 Å². The van der Waals surface area contributed by atoms with Crippen molar-refractivity contribution in [1.82, 2.24) is 5.32 Å². The number of nitrogens with one attached hydrogen (secondary N) is 1. The molecule has 0 aliphatic heterocycles. The molecule has 0 spiro atoms. The van der Waals surface area contributed by atoms with Crippen molar-refractivity contribution < 1.29 is 9.53 Å². The molecule has 1 amide bonds. The molecule has 1 unspecified atom stereocenters. The van der Waals surface area contributed by atoms with Crippen LogP contribution in [0.1, 0.15) is 30.9 Å². The van der Waals surface area contributed by atoms with Gasteiger partial charge < -0.3 is 15.8 Å². The van der Waals surface area contributed by atoms with Crippen molar-refractivity contribution in [3.63, 3.8) is 0 Å². The van der Waals surface area contributed by atoms with E-state index >= 15 is 0 Å². The third kappa shape index (κ3) is 7.06. The van der Waals surface area contributed by atoms with Gasteiger partial charge in [0, 0.05) is 18.2 Å². The number of carbonyl (C=O) groups is 1. The Labute approximate surface area is 156 Å². The minimum atomic E-state index is 0. The van der Waals surface area contributed by atoms with Gasteiger partial charge in [0.05, 0.1) is 7.11 Å². The summed E-state index contributed by atoms with van der Waals surface area (Å²) in [5.74, 6) is 0.931. The van der Waals surface area contributed by atoms with E-state index in [2.05, 4.69) is 17.4 Å². The highest BCUT2D eigenvalue weighted by molar-refractivity contribution is 5.85. The Morgan fingerprint density at radius 3 is 2.44 bits per heavy atom. The van der Waals surface area contributed by atoms with Crippen molar-refractivity contribution in [2.75, 3.05) is 12.8 Å². The molecule has 2 aromatic carbocycles. The number of rotatable bonds is 8. The fraction of sp³-hybridized carbons (Fsp3) is 0.350. The molecule has 4 nitrogen and oxygen atoms in total. The summed E-state index contributed by atoms with van der Waals surface area (Å²) in [4.78, 5) is 12.1. The molecule has 0 saturated heterocycles. The lowest BCUT2D eigenvalue weighted by Crippen LogP contribution is -2.33. The van der Waals surface area contributed by atoms with E-state index in [0.29, 0.717) is 12.8 Å². The maximum Gasteiger partial charge on any atom is 0.220 e. The van der Waals surface area contributed by atoms with Gasteiger partial charge in [-0.1, -0.05) is 30.3 Å². The van der Waals surface area contributed by atoms with Crippen molar-refractivity contribution in [2.45, 2.75) is 38.6 Å². The van der Waals surface area contributed by atoms with Gasteiger partial charge in [0.25, 0.3) is 0 Å². The molecular formula is C20H27ClN2O2. The number of carbonyl (C=O) groups excluding carboxylic acids is 1. The van der Waals surface area contributed by atoms with Gasteiger partial charge >= 0.3 is 0 Å². The Bertz CT molecular complexity index is 659. The third-order valence-electron chi connectivity index (χ3n) is 4.11. The van der Waals surface area contributed by atoms with Crippen LogP contribution in [-0.2, 0) is 17.6 Å². The summed E-state index contributed by atoms with van der Waals surface area (Å²) in [5.41, 5.74) is 8.92. The van der Waals surface area contributed by atoms with E-state index < -0.39 is 0 Å².